The molecule has 1 atom stereocenters. The van der Waals surface area contributed by atoms with Crippen LogP contribution in [0.3, 0.4) is 0 Å². The Bertz CT molecular complexity index is 514. The Balaban J connectivity index is 3.23. The third-order valence-corrected chi connectivity index (χ3v) is 4.24. The number of nitrogens with zero attached hydrogens (tertiary/aromatic N) is 1. The van der Waals surface area contributed by atoms with Gasteiger partial charge in [-0.1, -0.05) is 0 Å². The zero-order valence-electron chi connectivity index (χ0n) is 10.6. The zero-order chi connectivity index (χ0) is 13.9. The standard InChI is InChI=1S/C11H18N2O4S/c1-8(14)7-13(2)18(15,16)11-6-9(12)4-5-10(11)17-3/h4-6,8,14H,7,12H2,1-3H3. The molecule has 0 saturated heterocycles. The molecule has 0 saturated carbocycles. The summed E-state index contributed by atoms with van der Waals surface area (Å²) in [6, 6.07) is 4.40. The lowest BCUT2D eigenvalue weighted by Crippen LogP contribution is -2.33. The highest BCUT2D eigenvalue weighted by Gasteiger charge is 2.25. The summed E-state index contributed by atoms with van der Waals surface area (Å²) in [5.41, 5.74) is 5.93. The number of aliphatic hydroxyl groups excluding tert-OH is 1. The van der Waals surface area contributed by atoms with Crippen LogP contribution in [0.2, 0.25) is 0 Å². The number of hydrogen-bond acceptors (Lipinski definition) is 5. The fraction of sp³-hybridized carbons (Fsp3) is 0.455. The molecular formula is C11H18N2O4S. The fourth-order valence-corrected chi connectivity index (χ4v) is 2.97. The van der Waals surface area contributed by atoms with E-state index in [9.17, 15) is 13.5 Å². The molecule has 0 radical (unpaired) electrons. The predicted octanol–water partition coefficient (Wildman–Crippen LogP) is 0.279. The van der Waals surface area contributed by atoms with E-state index >= 15 is 0 Å². The minimum atomic E-state index is -3.73. The van der Waals surface area contributed by atoms with Crippen molar-refractivity contribution >= 4 is 15.7 Å². The number of methoxy groups -OCH3 is 1. The molecule has 1 unspecified atom stereocenters. The Hall–Kier alpha value is -1.31. The second-order valence-electron chi connectivity index (χ2n) is 4.04. The van der Waals surface area contributed by atoms with Crippen molar-refractivity contribution in [3.05, 3.63) is 18.2 Å². The van der Waals surface area contributed by atoms with Crippen LogP contribution in [-0.2, 0) is 10.0 Å². The molecule has 1 rings (SSSR count). The van der Waals surface area contributed by atoms with Gasteiger partial charge in [0.15, 0.2) is 0 Å². The van der Waals surface area contributed by atoms with Crippen LogP contribution in [0.5, 0.6) is 5.75 Å². The van der Waals surface area contributed by atoms with Gasteiger partial charge < -0.3 is 15.6 Å². The second-order valence-corrected chi connectivity index (χ2v) is 6.06. The van der Waals surface area contributed by atoms with E-state index in [-0.39, 0.29) is 17.2 Å². The van der Waals surface area contributed by atoms with Gasteiger partial charge in [-0.05, 0) is 25.1 Å². The van der Waals surface area contributed by atoms with Gasteiger partial charge in [0.2, 0.25) is 10.0 Å². The van der Waals surface area contributed by atoms with Crippen LogP contribution in [-0.4, -0.2) is 44.6 Å². The van der Waals surface area contributed by atoms with Crippen LogP contribution >= 0.6 is 0 Å². The van der Waals surface area contributed by atoms with E-state index in [2.05, 4.69) is 0 Å². The maximum atomic E-state index is 12.3. The van der Waals surface area contributed by atoms with E-state index in [0.29, 0.717) is 5.69 Å². The van der Waals surface area contributed by atoms with Crippen molar-refractivity contribution in [1.82, 2.24) is 4.31 Å². The number of hydrogen-bond donors (Lipinski definition) is 2. The zero-order valence-corrected chi connectivity index (χ0v) is 11.4. The number of sulfonamides is 1. The quantitative estimate of drug-likeness (QED) is 0.752. The highest BCUT2D eigenvalue weighted by Crippen LogP contribution is 2.28. The molecule has 0 aliphatic carbocycles. The Morgan fingerprint density at radius 3 is 2.61 bits per heavy atom. The number of ether oxygens (including phenoxy) is 1. The molecule has 0 bridgehead atoms. The number of rotatable bonds is 5. The second kappa shape index (κ2) is 5.55. The molecule has 3 N–H and O–H groups in total. The maximum absolute atomic E-state index is 12.3. The van der Waals surface area contributed by atoms with E-state index in [1.807, 2.05) is 0 Å². The van der Waals surface area contributed by atoms with E-state index in [0.717, 1.165) is 4.31 Å². The molecule has 0 aromatic heterocycles. The summed E-state index contributed by atoms with van der Waals surface area (Å²) in [5.74, 6) is 0.224. The summed E-state index contributed by atoms with van der Waals surface area (Å²) in [7, 11) is -0.949. The predicted molar refractivity (Wildman–Crippen MR) is 68.9 cm³/mol. The van der Waals surface area contributed by atoms with Crippen LogP contribution in [0.25, 0.3) is 0 Å². The molecule has 0 spiro atoms. The molecule has 18 heavy (non-hydrogen) atoms. The summed E-state index contributed by atoms with van der Waals surface area (Å²) in [6.07, 6.45) is -0.753. The Morgan fingerprint density at radius 1 is 1.50 bits per heavy atom. The number of anilines is 1. The summed E-state index contributed by atoms with van der Waals surface area (Å²) in [5, 5.41) is 9.25. The topological polar surface area (TPSA) is 92.9 Å². The molecule has 1 aromatic carbocycles. The maximum Gasteiger partial charge on any atom is 0.246 e. The third kappa shape index (κ3) is 3.12. The molecule has 102 valence electrons. The van der Waals surface area contributed by atoms with Crippen LogP contribution in [0.1, 0.15) is 6.92 Å². The molecule has 0 aliphatic rings. The Labute approximate surface area is 107 Å². The number of benzene rings is 1. The summed E-state index contributed by atoms with van der Waals surface area (Å²) in [4.78, 5) is -0.00634. The number of aliphatic hydroxyl groups is 1. The van der Waals surface area contributed by atoms with Crippen molar-refractivity contribution in [3.8, 4) is 5.75 Å². The van der Waals surface area contributed by atoms with Crippen molar-refractivity contribution < 1.29 is 18.3 Å². The van der Waals surface area contributed by atoms with E-state index < -0.39 is 16.1 Å². The van der Waals surface area contributed by atoms with E-state index in [1.54, 1.807) is 6.07 Å². The van der Waals surface area contributed by atoms with Gasteiger partial charge in [0.25, 0.3) is 0 Å². The molecule has 0 aliphatic heterocycles. The van der Waals surface area contributed by atoms with Gasteiger partial charge in [0, 0.05) is 19.3 Å². The number of likely N-dealkylation sites (N-methyl/N-ethyl adjacent to an activating group) is 1. The summed E-state index contributed by atoms with van der Waals surface area (Å²) < 4.78 is 30.6. The van der Waals surface area contributed by atoms with Gasteiger partial charge in [-0.2, -0.15) is 4.31 Å². The van der Waals surface area contributed by atoms with Crippen molar-refractivity contribution in [2.45, 2.75) is 17.9 Å². The minimum Gasteiger partial charge on any atom is -0.495 e. The molecule has 7 heteroatoms. The molecular weight excluding hydrogens is 256 g/mol. The third-order valence-electron chi connectivity index (χ3n) is 2.40. The molecule has 0 heterocycles. The van der Waals surface area contributed by atoms with Crippen LogP contribution in [0.4, 0.5) is 5.69 Å². The van der Waals surface area contributed by atoms with Crippen molar-refractivity contribution in [3.63, 3.8) is 0 Å². The van der Waals surface area contributed by atoms with Gasteiger partial charge in [-0.15, -0.1) is 0 Å². The lowest BCUT2D eigenvalue weighted by Gasteiger charge is -2.20. The summed E-state index contributed by atoms with van der Waals surface area (Å²) >= 11 is 0. The normalized spacial score (nSPS) is 13.6. The number of nitrogens with two attached hydrogens (primary N) is 1. The first kappa shape index (κ1) is 14.7. The van der Waals surface area contributed by atoms with Crippen molar-refractivity contribution in [1.29, 1.82) is 0 Å². The Morgan fingerprint density at radius 2 is 2.11 bits per heavy atom. The fourth-order valence-electron chi connectivity index (χ4n) is 1.53. The van der Waals surface area contributed by atoms with Crippen LogP contribution in [0.15, 0.2) is 23.1 Å². The highest BCUT2D eigenvalue weighted by molar-refractivity contribution is 7.89. The summed E-state index contributed by atoms with van der Waals surface area (Å²) in [6.45, 7) is 1.52. The highest BCUT2D eigenvalue weighted by atomic mass is 32.2. The van der Waals surface area contributed by atoms with Gasteiger partial charge in [0.05, 0.1) is 13.2 Å². The molecule has 0 fully saturated rings. The van der Waals surface area contributed by atoms with Crippen LogP contribution in [0, 0.1) is 0 Å². The largest absolute Gasteiger partial charge is 0.495 e. The molecule has 1 aromatic rings. The Kier molecular flexibility index (Phi) is 4.55. The first-order chi connectivity index (χ1) is 8.28. The monoisotopic (exact) mass is 274 g/mol. The first-order valence-electron chi connectivity index (χ1n) is 5.37. The lowest BCUT2D eigenvalue weighted by atomic mass is 10.3. The van der Waals surface area contributed by atoms with Gasteiger partial charge in [-0.25, -0.2) is 8.42 Å². The molecule has 6 nitrogen and oxygen atoms in total. The lowest BCUT2D eigenvalue weighted by molar-refractivity contribution is 0.171. The molecule has 0 amide bonds. The van der Waals surface area contributed by atoms with Crippen molar-refractivity contribution in [2.75, 3.05) is 26.4 Å². The van der Waals surface area contributed by atoms with E-state index in [4.69, 9.17) is 10.5 Å². The minimum absolute atomic E-state index is 0.000284. The first-order valence-corrected chi connectivity index (χ1v) is 6.81. The average Bonchev–Trinajstić information content (AvgIpc) is 2.28. The van der Waals surface area contributed by atoms with Crippen molar-refractivity contribution in [2.24, 2.45) is 0 Å². The SMILES string of the molecule is COc1ccc(N)cc1S(=O)(=O)N(C)CC(C)O. The van der Waals surface area contributed by atoms with Gasteiger partial charge in [-0.3, -0.25) is 0 Å². The van der Waals surface area contributed by atoms with E-state index in [1.165, 1.54) is 33.2 Å². The van der Waals surface area contributed by atoms with Gasteiger partial charge in [0.1, 0.15) is 10.6 Å². The smallest absolute Gasteiger partial charge is 0.246 e. The van der Waals surface area contributed by atoms with Crippen LogP contribution < -0.4 is 10.5 Å². The number of nitrogen functional groups attached to an aromatic ring is 1. The van der Waals surface area contributed by atoms with Gasteiger partial charge >= 0.3 is 0 Å². The average molecular weight is 274 g/mol.